The summed E-state index contributed by atoms with van der Waals surface area (Å²) in [5.41, 5.74) is -4.98. The molecule has 1 amide bonds. The van der Waals surface area contributed by atoms with Crippen molar-refractivity contribution in [1.29, 1.82) is 0 Å². The number of likely N-dealkylation sites (N-methyl/N-ethyl adjacent to an activating group) is 1. The fraction of sp³-hybridized carbons (Fsp3) is 0.261. The zero-order valence-corrected chi connectivity index (χ0v) is 21.8. The number of para-hydroxylation sites is 2. The molecule has 0 radical (unpaired) electrons. The molecule has 1 atom stereocenters. The standard InChI is InChI=1S/C23H20BrF4N3O7/c1-29-18(23(26,27)28)11-19(32)31(22(29)34)14-10-17(12(24)9-13(14)25)37-15-7-5-6-8-16(15)38-21(35-3)20(33)30(2)36-4/h5-11,21H,1-4H3/t21-/m1/s1. The van der Waals surface area contributed by atoms with Crippen LogP contribution in [0.5, 0.6) is 17.2 Å². The molecule has 0 saturated heterocycles. The quantitative estimate of drug-likeness (QED) is 0.220. The van der Waals surface area contributed by atoms with Gasteiger partial charge in [-0.05, 0) is 34.1 Å². The van der Waals surface area contributed by atoms with Crippen molar-refractivity contribution in [2.45, 2.75) is 12.5 Å². The number of benzene rings is 2. The second-order valence-corrected chi connectivity index (χ2v) is 8.38. The number of methoxy groups -OCH3 is 1. The molecule has 0 unspecified atom stereocenters. The summed E-state index contributed by atoms with van der Waals surface area (Å²) in [6, 6.07) is 8.00. The summed E-state index contributed by atoms with van der Waals surface area (Å²) in [7, 11) is 4.63. The minimum absolute atomic E-state index is 0.00773. The first-order valence-corrected chi connectivity index (χ1v) is 11.3. The van der Waals surface area contributed by atoms with Crippen molar-refractivity contribution in [2.75, 3.05) is 21.3 Å². The number of hydroxylamine groups is 2. The van der Waals surface area contributed by atoms with Crippen molar-refractivity contribution in [3.8, 4) is 22.9 Å². The third-order valence-electron chi connectivity index (χ3n) is 5.16. The van der Waals surface area contributed by atoms with Gasteiger partial charge in [-0.3, -0.25) is 19.0 Å². The Morgan fingerprint density at radius 3 is 2.26 bits per heavy atom. The Balaban J connectivity index is 2.06. The number of alkyl halides is 3. The lowest BCUT2D eigenvalue weighted by Crippen LogP contribution is -2.41. The van der Waals surface area contributed by atoms with Crippen LogP contribution in [0.1, 0.15) is 5.69 Å². The molecule has 3 rings (SSSR count). The Bertz CT molecular complexity index is 1470. The number of nitrogens with zero attached hydrogens (tertiary/aromatic N) is 3. The minimum atomic E-state index is -4.98. The Morgan fingerprint density at radius 1 is 1.05 bits per heavy atom. The summed E-state index contributed by atoms with van der Waals surface area (Å²) in [4.78, 5) is 42.3. The fourth-order valence-electron chi connectivity index (χ4n) is 3.19. The maximum atomic E-state index is 14.9. The van der Waals surface area contributed by atoms with Crippen molar-refractivity contribution in [3.05, 3.63) is 79.3 Å². The molecule has 0 aliphatic rings. The SMILES string of the molecule is CO[C@H](Oc1ccccc1Oc1cc(-n2c(=O)cc(C(F)(F)F)n(C)c2=O)c(F)cc1Br)C(=O)N(C)OC. The van der Waals surface area contributed by atoms with E-state index in [0.29, 0.717) is 0 Å². The van der Waals surface area contributed by atoms with Gasteiger partial charge in [-0.2, -0.15) is 13.2 Å². The van der Waals surface area contributed by atoms with Gasteiger partial charge < -0.3 is 14.2 Å². The van der Waals surface area contributed by atoms with E-state index in [2.05, 4.69) is 15.9 Å². The van der Waals surface area contributed by atoms with E-state index >= 15 is 0 Å². The lowest BCUT2D eigenvalue weighted by molar-refractivity contribution is -0.194. The highest BCUT2D eigenvalue weighted by molar-refractivity contribution is 9.10. The normalized spacial score (nSPS) is 12.2. The summed E-state index contributed by atoms with van der Waals surface area (Å²) in [5.74, 6) is -1.90. The van der Waals surface area contributed by atoms with E-state index in [4.69, 9.17) is 19.0 Å². The van der Waals surface area contributed by atoms with Crippen LogP contribution >= 0.6 is 15.9 Å². The van der Waals surface area contributed by atoms with E-state index in [9.17, 15) is 31.9 Å². The number of hydrogen-bond acceptors (Lipinski definition) is 7. The minimum Gasteiger partial charge on any atom is -0.452 e. The number of carbonyl (C=O) groups is 1. The van der Waals surface area contributed by atoms with Gasteiger partial charge in [-0.25, -0.2) is 18.8 Å². The maximum Gasteiger partial charge on any atom is 0.431 e. The summed E-state index contributed by atoms with van der Waals surface area (Å²) in [5, 5.41) is 0.878. The number of carbonyl (C=O) groups excluding carboxylic acids is 1. The maximum absolute atomic E-state index is 14.9. The molecule has 15 heteroatoms. The van der Waals surface area contributed by atoms with Gasteiger partial charge in [0.25, 0.3) is 11.8 Å². The number of hydrogen-bond donors (Lipinski definition) is 0. The van der Waals surface area contributed by atoms with Crippen LogP contribution in [-0.2, 0) is 27.6 Å². The van der Waals surface area contributed by atoms with E-state index in [-0.39, 0.29) is 36.9 Å². The molecule has 3 aromatic rings. The highest BCUT2D eigenvalue weighted by Crippen LogP contribution is 2.37. The van der Waals surface area contributed by atoms with Crippen LogP contribution in [0.25, 0.3) is 5.69 Å². The fourth-order valence-corrected chi connectivity index (χ4v) is 3.59. The van der Waals surface area contributed by atoms with Crippen LogP contribution in [0.3, 0.4) is 0 Å². The van der Waals surface area contributed by atoms with Crippen molar-refractivity contribution >= 4 is 21.8 Å². The molecule has 0 spiro atoms. The first-order valence-electron chi connectivity index (χ1n) is 10.5. The molecule has 10 nitrogen and oxygen atoms in total. The summed E-state index contributed by atoms with van der Waals surface area (Å²) in [6.07, 6.45) is -6.42. The smallest absolute Gasteiger partial charge is 0.431 e. The van der Waals surface area contributed by atoms with Crippen LogP contribution in [0.15, 0.2) is 56.5 Å². The zero-order valence-electron chi connectivity index (χ0n) is 20.2. The molecule has 2 aromatic carbocycles. The van der Waals surface area contributed by atoms with Crippen LogP contribution < -0.4 is 20.7 Å². The zero-order chi connectivity index (χ0) is 28.4. The van der Waals surface area contributed by atoms with Crippen LogP contribution in [0, 0.1) is 5.82 Å². The Morgan fingerprint density at radius 2 is 1.68 bits per heavy atom. The second-order valence-electron chi connectivity index (χ2n) is 7.53. The first-order chi connectivity index (χ1) is 17.8. The summed E-state index contributed by atoms with van der Waals surface area (Å²) in [6.45, 7) is 0. The average Bonchev–Trinajstić information content (AvgIpc) is 2.86. The van der Waals surface area contributed by atoms with Crippen LogP contribution in [0.2, 0.25) is 0 Å². The molecule has 0 aliphatic heterocycles. The van der Waals surface area contributed by atoms with Crippen molar-refractivity contribution in [3.63, 3.8) is 0 Å². The van der Waals surface area contributed by atoms with Gasteiger partial charge in [0.05, 0.1) is 17.3 Å². The van der Waals surface area contributed by atoms with Gasteiger partial charge in [-0.1, -0.05) is 12.1 Å². The molecular weight excluding hydrogens is 586 g/mol. The van der Waals surface area contributed by atoms with E-state index in [0.717, 1.165) is 24.2 Å². The molecule has 204 valence electrons. The Hall–Kier alpha value is -3.69. The van der Waals surface area contributed by atoms with Gasteiger partial charge in [-0.15, -0.1) is 0 Å². The summed E-state index contributed by atoms with van der Waals surface area (Å²) >= 11 is 3.11. The third kappa shape index (κ3) is 5.89. The van der Waals surface area contributed by atoms with E-state index in [1.807, 2.05) is 0 Å². The second kappa shape index (κ2) is 11.4. The van der Waals surface area contributed by atoms with Gasteiger partial charge in [0, 0.05) is 33.3 Å². The monoisotopic (exact) mass is 605 g/mol. The highest BCUT2D eigenvalue weighted by atomic mass is 79.9. The van der Waals surface area contributed by atoms with Crippen molar-refractivity contribution < 1.29 is 41.4 Å². The number of halogens is 5. The van der Waals surface area contributed by atoms with Crippen LogP contribution in [-0.4, -0.2) is 47.7 Å². The number of aromatic nitrogens is 2. The average molecular weight is 606 g/mol. The third-order valence-corrected chi connectivity index (χ3v) is 5.78. The van der Waals surface area contributed by atoms with Crippen LogP contribution in [0.4, 0.5) is 17.6 Å². The van der Waals surface area contributed by atoms with Gasteiger partial charge in [0.15, 0.2) is 11.5 Å². The molecule has 1 aromatic heterocycles. The predicted octanol–water partition coefficient (Wildman–Crippen LogP) is 3.62. The Labute approximate surface area is 220 Å². The van der Waals surface area contributed by atoms with Gasteiger partial charge >= 0.3 is 17.8 Å². The molecule has 38 heavy (non-hydrogen) atoms. The lowest BCUT2D eigenvalue weighted by Gasteiger charge is -2.22. The van der Waals surface area contributed by atoms with Gasteiger partial charge in [0.2, 0.25) is 0 Å². The molecular formula is C23H20BrF4N3O7. The number of ether oxygens (including phenoxy) is 3. The number of rotatable bonds is 8. The highest BCUT2D eigenvalue weighted by Gasteiger charge is 2.35. The lowest BCUT2D eigenvalue weighted by atomic mass is 10.2. The van der Waals surface area contributed by atoms with E-state index in [1.54, 1.807) is 12.1 Å². The first kappa shape index (κ1) is 28.9. The molecule has 0 fully saturated rings. The summed E-state index contributed by atoms with van der Waals surface area (Å²) < 4.78 is 71.4. The van der Waals surface area contributed by atoms with Gasteiger partial charge in [0.1, 0.15) is 17.3 Å². The van der Waals surface area contributed by atoms with E-state index in [1.165, 1.54) is 33.4 Å². The molecule has 0 bridgehead atoms. The predicted molar refractivity (Wildman–Crippen MR) is 128 cm³/mol. The molecule has 0 saturated carbocycles. The number of amides is 1. The largest absolute Gasteiger partial charge is 0.452 e. The molecule has 0 aliphatic carbocycles. The van der Waals surface area contributed by atoms with E-state index < -0.39 is 46.8 Å². The van der Waals surface area contributed by atoms with Crippen molar-refractivity contribution in [2.24, 2.45) is 7.05 Å². The Kier molecular flexibility index (Phi) is 8.64. The topological polar surface area (TPSA) is 101 Å². The molecule has 0 N–H and O–H groups in total. The molecule has 1 heterocycles. The van der Waals surface area contributed by atoms with Crippen molar-refractivity contribution in [1.82, 2.24) is 14.2 Å².